The van der Waals surface area contributed by atoms with E-state index in [2.05, 4.69) is 6.07 Å². The fourth-order valence-electron chi connectivity index (χ4n) is 1.30. The van der Waals surface area contributed by atoms with E-state index >= 15 is 0 Å². The van der Waals surface area contributed by atoms with Crippen LogP contribution >= 0.6 is 0 Å². The first-order valence-electron chi connectivity index (χ1n) is 4.79. The highest BCUT2D eigenvalue weighted by Crippen LogP contribution is 2.21. The lowest BCUT2D eigenvalue weighted by atomic mass is 10.2. The SMILES string of the molecule is Fc1c[c]cc(F)c1OCc1ccccc1. The molecule has 2 aromatic carbocycles. The highest BCUT2D eigenvalue weighted by molar-refractivity contribution is 5.26. The van der Waals surface area contributed by atoms with Gasteiger partial charge in [-0.2, -0.15) is 0 Å². The summed E-state index contributed by atoms with van der Waals surface area (Å²) in [6.07, 6.45) is 0. The first kappa shape index (κ1) is 10.6. The van der Waals surface area contributed by atoms with Crippen LogP contribution in [0.2, 0.25) is 0 Å². The van der Waals surface area contributed by atoms with Gasteiger partial charge in [0.1, 0.15) is 6.61 Å². The molecule has 0 bridgehead atoms. The zero-order valence-electron chi connectivity index (χ0n) is 8.41. The first-order chi connectivity index (χ1) is 7.77. The second-order valence-corrected chi connectivity index (χ2v) is 3.25. The number of ether oxygens (including phenoxy) is 1. The Kier molecular flexibility index (Phi) is 3.15. The Bertz CT molecular complexity index is 448. The molecule has 0 aliphatic rings. The predicted octanol–water partition coefficient (Wildman–Crippen LogP) is 3.34. The lowest BCUT2D eigenvalue weighted by Crippen LogP contribution is -1.99. The zero-order valence-corrected chi connectivity index (χ0v) is 8.41. The third kappa shape index (κ3) is 2.37. The van der Waals surface area contributed by atoms with E-state index in [-0.39, 0.29) is 12.4 Å². The van der Waals surface area contributed by atoms with Crippen molar-refractivity contribution in [3.8, 4) is 5.75 Å². The third-order valence-electron chi connectivity index (χ3n) is 2.08. The minimum Gasteiger partial charge on any atom is -0.483 e. The predicted molar refractivity (Wildman–Crippen MR) is 56.0 cm³/mol. The van der Waals surface area contributed by atoms with E-state index in [1.54, 1.807) is 0 Å². The first-order valence-corrected chi connectivity index (χ1v) is 4.79. The van der Waals surface area contributed by atoms with E-state index in [0.29, 0.717) is 0 Å². The summed E-state index contributed by atoms with van der Waals surface area (Å²) >= 11 is 0. The van der Waals surface area contributed by atoms with Gasteiger partial charge in [0.05, 0.1) is 0 Å². The molecule has 0 unspecified atom stereocenters. The average Bonchev–Trinajstić information content (AvgIpc) is 2.30. The van der Waals surface area contributed by atoms with Crippen molar-refractivity contribution in [1.82, 2.24) is 0 Å². The van der Waals surface area contributed by atoms with Gasteiger partial charge >= 0.3 is 0 Å². The number of hydrogen-bond donors (Lipinski definition) is 0. The van der Waals surface area contributed by atoms with Crippen molar-refractivity contribution in [2.24, 2.45) is 0 Å². The molecule has 0 N–H and O–H groups in total. The minimum atomic E-state index is -0.740. The molecule has 0 atom stereocenters. The van der Waals surface area contributed by atoms with Crippen LogP contribution in [-0.4, -0.2) is 0 Å². The van der Waals surface area contributed by atoms with Crippen LogP contribution in [0.15, 0.2) is 42.5 Å². The van der Waals surface area contributed by atoms with E-state index in [0.717, 1.165) is 17.7 Å². The molecule has 1 radical (unpaired) electrons. The van der Waals surface area contributed by atoms with Gasteiger partial charge in [-0.05, 0) is 23.8 Å². The fraction of sp³-hybridized carbons (Fsp3) is 0.0769. The molecular weight excluding hydrogens is 210 g/mol. The Labute approximate surface area is 92.3 Å². The van der Waals surface area contributed by atoms with Gasteiger partial charge in [-0.1, -0.05) is 30.3 Å². The van der Waals surface area contributed by atoms with Crippen LogP contribution in [0.25, 0.3) is 0 Å². The van der Waals surface area contributed by atoms with Crippen LogP contribution in [0.5, 0.6) is 5.75 Å². The Morgan fingerprint density at radius 3 is 2.25 bits per heavy atom. The smallest absolute Gasteiger partial charge is 0.191 e. The molecule has 81 valence electrons. The van der Waals surface area contributed by atoms with Crippen LogP contribution in [0.3, 0.4) is 0 Å². The Morgan fingerprint density at radius 2 is 1.62 bits per heavy atom. The number of benzene rings is 2. The highest BCUT2D eigenvalue weighted by Gasteiger charge is 2.09. The van der Waals surface area contributed by atoms with Gasteiger partial charge < -0.3 is 4.74 Å². The molecule has 0 aromatic heterocycles. The Balaban J connectivity index is 2.11. The van der Waals surface area contributed by atoms with E-state index in [4.69, 9.17) is 4.74 Å². The Hall–Kier alpha value is -1.90. The van der Waals surface area contributed by atoms with Crippen LogP contribution in [0, 0.1) is 17.7 Å². The maximum Gasteiger partial charge on any atom is 0.191 e. The maximum absolute atomic E-state index is 13.2. The maximum atomic E-state index is 13.2. The third-order valence-corrected chi connectivity index (χ3v) is 2.08. The largest absolute Gasteiger partial charge is 0.483 e. The van der Waals surface area contributed by atoms with Crippen LogP contribution in [0.4, 0.5) is 8.78 Å². The molecule has 0 saturated carbocycles. The molecule has 0 heterocycles. The molecule has 0 amide bonds. The average molecular weight is 219 g/mol. The number of halogens is 2. The van der Waals surface area contributed by atoms with Gasteiger partial charge in [-0.15, -0.1) is 0 Å². The summed E-state index contributed by atoms with van der Waals surface area (Å²) in [5, 5.41) is 0. The van der Waals surface area contributed by atoms with Crippen molar-refractivity contribution >= 4 is 0 Å². The second kappa shape index (κ2) is 4.75. The number of rotatable bonds is 3. The van der Waals surface area contributed by atoms with Crippen molar-refractivity contribution in [3.05, 3.63) is 65.7 Å². The van der Waals surface area contributed by atoms with Crippen molar-refractivity contribution in [2.75, 3.05) is 0 Å². The fourth-order valence-corrected chi connectivity index (χ4v) is 1.30. The van der Waals surface area contributed by atoms with Gasteiger partial charge in [0, 0.05) is 0 Å². The standard InChI is InChI=1S/C13H9F2O/c14-11-7-4-8-12(15)13(11)16-9-10-5-2-1-3-6-10/h1-3,5-8H,9H2. The number of hydrogen-bond acceptors (Lipinski definition) is 1. The molecule has 3 heteroatoms. The quantitative estimate of drug-likeness (QED) is 0.769. The van der Waals surface area contributed by atoms with E-state index in [9.17, 15) is 8.78 Å². The van der Waals surface area contributed by atoms with E-state index in [1.807, 2.05) is 30.3 Å². The molecule has 0 fully saturated rings. The molecule has 0 aliphatic heterocycles. The van der Waals surface area contributed by atoms with E-state index < -0.39 is 11.6 Å². The van der Waals surface area contributed by atoms with Gasteiger partial charge in [0.2, 0.25) is 0 Å². The summed E-state index contributed by atoms with van der Waals surface area (Å²) < 4.78 is 31.4. The lowest BCUT2D eigenvalue weighted by molar-refractivity contribution is 0.274. The summed E-state index contributed by atoms with van der Waals surface area (Å²) in [7, 11) is 0. The molecule has 0 saturated heterocycles. The van der Waals surface area contributed by atoms with Gasteiger partial charge in [-0.3, -0.25) is 0 Å². The molecule has 0 aliphatic carbocycles. The van der Waals surface area contributed by atoms with Crippen molar-refractivity contribution in [2.45, 2.75) is 6.61 Å². The van der Waals surface area contributed by atoms with Crippen molar-refractivity contribution in [3.63, 3.8) is 0 Å². The molecule has 16 heavy (non-hydrogen) atoms. The summed E-state index contributed by atoms with van der Waals surface area (Å²) in [6.45, 7) is 0.138. The topological polar surface area (TPSA) is 9.23 Å². The minimum absolute atomic E-state index is 0.138. The zero-order chi connectivity index (χ0) is 11.4. The molecule has 0 spiro atoms. The lowest BCUT2D eigenvalue weighted by Gasteiger charge is -2.07. The summed E-state index contributed by atoms with van der Waals surface area (Å²) in [6, 6.07) is 13.6. The van der Waals surface area contributed by atoms with Crippen LogP contribution in [0.1, 0.15) is 5.56 Å². The normalized spacial score (nSPS) is 10.1. The summed E-state index contributed by atoms with van der Waals surface area (Å²) in [5.41, 5.74) is 0.856. The molecule has 2 rings (SSSR count). The second-order valence-electron chi connectivity index (χ2n) is 3.25. The van der Waals surface area contributed by atoms with Gasteiger partial charge in [0.25, 0.3) is 0 Å². The van der Waals surface area contributed by atoms with E-state index in [1.165, 1.54) is 0 Å². The summed E-state index contributed by atoms with van der Waals surface area (Å²) in [5.74, 6) is -1.84. The van der Waals surface area contributed by atoms with Crippen molar-refractivity contribution in [1.29, 1.82) is 0 Å². The molecular formula is C13H9F2O. The van der Waals surface area contributed by atoms with Gasteiger partial charge in [0.15, 0.2) is 17.4 Å². The van der Waals surface area contributed by atoms with Crippen LogP contribution < -0.4 is 4.74 Å². The molecule has 2 aromatic rings. The van der Waals surface area contributed by atoms with Gasteiger partial charge in [-0.25, -0.2) is 8.78 Å². The van der Waals surface area contributed by atoms with Crippen LogP contribution in [-0.2, 0) is 6.61 Å². The summed E-state index contributed by atoms with van der Waals surface area (Å²) in [4.78, 5) is 0. The monoisotopic (exact) mass is 219 g/mol. The Morgan fingerprint density at radius 1 is 1.00 bits per heavy atom. The molecule has 1 nitrogen and oxygen atoms in total. The highest BCUT2D eigenvalue weighted by atomic mass is 19.1. The van der Waals surface area contributed by atoms with Crippen molar-refractivity contribution < 1.29 is 13.5 Å².